The van der Waals surface area contributed by atoms with Crippen molar-refractivity contribution in [3.05, 3.63) is 18.3 Å². The molecule has 2 atom stereocenters. The number of rotatable bonds is 3. The van der Waals surface area contributed by atoms with Crippen LogP contribution in [0.5, 0.6) is 0 Å². The van der Waals surface area contributed by atoms with Crippen LogP contribution in [0.2, 0.25) is 0 Å². The van der Waals surface area contributed by atoms with Crippen molar-refractivity contribution in [3.63, 3.8) is 0 Å². The van der Waals surface area contributed by atoms with Gasteiger partial charge in [-0.1, -0.05) is 5.16 Å². The van der Waals surface area contributed by atoms with Gasteiger partial charge in [-0.15, -0.1) is 0 Å². The summed E-state index contributed by atoms with van der Waals surface area (Å²) < 4.78 is 6.73. The van der Waals surface area contributed by atoms with Crippen molar-refractivity contribution in [1.29, 1.82) is 0 Å². The molecular weight excluding hydrogens is 210 g/mol. The highest BCUT2D eigenvalue weighted by Gasteiger charge is 2.21. The highest BCUT2D eigenvalue weighted by Crippen LogP contribution is 2.17. The highest BCUT2D eigenvalue weighted by molar-refractivity contribution is 5.42. The van der Waals surface area contributed by atoms with Crippen LogP contribution in [0.4, 0.5) is 0 Å². The summed E-state index contributed by atoms with van der Waals surface area (Å²) in [5.41, 5.74) is 5.67. The summed E-state index contributed by atoms with van der Waals surface area (Å²) in [4.78, 5) is 8.17. The molecular formula is C9H13N5O2. The minimum absolute atomic E-state index is 0.202. The van der Waals surface area contributed by atoms with Crippen molar-refractivity contribution in [2.45, 2.75) is 19.1 Å². The Hall–Kier alpha value is -1.73. The molecule has 0 amide bonds. The number of hydrogen-bond donors (Lipinski definition) is 2. The van der Waals surface area contributed by atoms with Gasteiger partial charge in [-0.3, -0.25) is 0 Å². The summed E-state index contributed by atoms with van der Waals surface area (Å²) in [5, 5.41) is 13.1. The summed E-state index contributed by atoms with van der Waals surface area (Å²) in [6.45, 7) is 1.56. The fourth-order valence-corrected chi connectivity index (χ4v) is 1.25. The Bertz CT molecular complexity index is 476. The van der Waals surface area contributed by atoms with Crippen molar-refractivity contribution in [3.8, 4) is 11.6 Å². The average molecular weight is 223 g/mol. The van der Waals surface area contributed by atoms with Gasteiger partial charge in [-0.25, -0.2) is 4.98 Å². The number of hydrogen-bond acceptors (Lipinski definition) is 6. The second-order valence-electron chi connectivity index (χ2n) is 3.58. The molecule has 0 aliphatic carbocycles. The molecule has 0 spiro atoms. The van der Waals surface area contributed by atoms with Crippen molar-refractivity contribution in [2.24, 2.45) is 12.8 Å². The molecule has 0 radical (unpaired) electrons. The molecule has 0 aromatic carbocycles. The number of aryl methyl sites for hydroxylation is 1. The second kappa shape index (κ2) is 4.03. The Morgan fingerprint density at radius 3 is 2.88 bits per heavy atom. The number of nitrogens with zero attached hydrogens (tertiary/aromatic N) is 4. The summed E-state index contributed by atoms with van der Waals surface area (Å²) in [7, 11) is 1.83. The minimum Gasteiger partial charge on any atom is -0.391 e. The normalized spacial score (nSPS) is 15.0. The topological polar surface area (TPSA) is 103 Å². The third-order valence-electron chi connectivity index (χ3n) is 2.27. The fraction of sp³-hybridized carbons (Fsp3) is 0.444. The molecule has 7 heteroatoms. The van der Waals surface area contributed by atoms with Gasteiger partial charge in [-0.2, -0.15) is 4.98 Å². The first-order chi connectivity index (χ1) is 7.59. The Kier molecular flexibility index (Phi) is 2.71. The van der Waals surface area contributed by atoms with Crippen molar-refractivity contribution in [1.82, 2.24) is 19.7 Å². The number of aromatic nitrogens is 4. The lowest BCUT2D eigenvalue weighted by Crippen LogP contribution is -2.23. The van der Waals surface area contributed by atoms with E-state index in [1.54, 1.807) is 23.9 Å². The first-order valence-corrected chi connectivity index (χ1v) is 4.84. The minimum atomic E-state index is -0.741. The second-order valence-corrected chi connectivity index (χ2v) is 3.58. The van der Waals surface area contributed by atoms with Crippen LogP contribution < -0.4 is 5.73 Å². The summed E-state index contributed by atoms with van der Waals surface area (Å²) in [5.74, 6) is 1.15. The molecule has 0 unspecified atom stereocenters. The van der Waals surface area contributed by atoms with E-state index in [2.05, 4.69) is 15.1 Å². The third-order valence-corrected chi connectivity index (χ3v) is 2.27. The molecule has 0 aliphatic heterocycles. The van der Waals surface area contributed by atoms with Crippen LogP contribution in [0.1, 0.15) is 18.9 Å². The van der Waals surface area contributed by atoms with E-state index in [9.17, 15) is 5.11 Å². The quantitative estimate of drug-likeness (QED) is 0.750. The van der Waals surface area contributed by atoms with Crippen LogP contribution in [-0.4, -0.2) is 30.9 Å². The lowest BCUT2D eigenvalue weighted by molar-refractivity contribution is 0.146. The van der Waals surface area contributed by atoms with E-state index in [-0.39, 0.29) is 5.89 Å². The SMILES string of the molecule is C[C@@H](O)[C@H](N)c1nc(-c2nccn2C)no1. The molecule has 0 aliphatic rings. The maximum atomic E-state index is 9.30. The molecule has 2 heterocycles. The molecule has 2 aromatic rings. The van der Waals surface area contributed by atoms with Crippen LogP contribution in [-0.2, 0) is 7.05 Å². The summed E-state index contributed by atoms with van der Waals surface area (Å²) >= 11 is 0. The van der Waals surface area contributed by atoms with E-state index in [0.717, 1.165) is 0 Å². The zero-order valence-electron chi connectivity index (χ0n) is 9.03. The van der Waals surface area contributed by atoms with Crippen LogP contribution in [0.25, 0.3) is 11.6 Å². The largest absolute Gasteiger partial charge is 0.391 e. The first kappa shape index (κ1) is 10.8. The lowest BCUT2D eigenvalue weighted by Gasteiger charge is -2.08. The van der Waals surface area contributed by atoms with Crippen molar-refractivity contribution in [2.75, 3.05) is 0 Å². The predicted molar refractivity (Wildman–Crippen MR) is 55.1 cm³/mol. The average Bonchev–Trinajstić information content (AvgIpc) is 2.84. The fourth-order valence-electron chi connectivity index (χ4n) is 1.25. The molecule has 0 saturated heterocycles. The van der Waals surface area contributed by atoms with Gasteiger partial charge in [0.05, 0.1) is 6.10 Å². The number of nitrogens with two attached hydrogens (primary N) is 1. The summed E-state index contributed by atoms with van der Waals surface area (Å²) in [6.07, 6.45) is 2.68. The van der Waals surface area contributed by atoms with Gasteiger partial charge in [0.25, 0.3) is 0 Å². The molecule has 0 bridgehead atoms. The smallest absolute Gasteiger partial charge is 0.246 e. The van der Waals surface area contributed by atoms with E-state index in [1.807, 2.05) is 7.05 Å². The van der Waals surface area contributed by atoms with E-state index < -0.39 is 12.1 Å². The van der Waals surface area contributed by atoms with E-state index in [4.69, 9.17) is 10.3 Å². The molecule has 0 fully saturated rings. The number of imidazole rings is 1. The zero-order chi connectivity index (χ0) is 11.7. The Morgan fingerprint density at radius 2 is 2.31 bits per heavy atom. The lowest BCUT2D eigenvalue weighted by atomic mass is 10.2. The van der Waals surface area contributed by atoms with E-state index >= 15 is 0 Å². The molecule has 16 heavy (non-hydrogen) atoms. The molecule has 2 rings (SSSR count). The van der Waals surface area contributed by atoms with Gasteiger partial charge < -0.3 is 19.9 Å². The zero-order valence-corrected chi connectivity index (χ0v) is 9.03. The van der Waals surface area contributed by atoms with Gasteiger partial charge in [0.2, 0.25) is 11.7 Å². The first-order valence-electron chi connectivity index (χ1n) is 4.84. The van der Waals surface area contributed by atoms with Crippen LogP contribution in [0, 0.1) is 0 Å². The van der Waals surface area contributed by atoms with Crippen LogP contribution in [0.3, 0.4) is 0 Å². The maximum absolute atomic E-state index is 9.30. The van der Waals surface area contributed by atoms with E-state index in [0.29, 0.717) is 11.6 Å². The Labute approximate surface area is 91.9 Å². The van der Waals surface area contributed by atoms with Gasteiger partial charge >= 0.3 is 0 Å². The maximum Gasteiger partial charge on any atom is 0.246 e. The monoisotopic (exact) mass is 223 g/mol. The molecule has 86 valence electrons. The molecule has 2 aromatic heterocycles. The molecule has 0 saturated carbocycles. The van der Waals surface area contributed by atoms with Gasteiger partial charge in [0.1, 0.15) is 6.04 Å². The molecule has 7 nitrogen and oxygen atoms in total. The third kappa shape index (κ3) is 1.82. The molecule has 3 N–H and O–H groups in total. The van der Waals surface area contributed by atoms with Crippen molar-refractivity contribution < 1.29 is 9.63 Å². The Balaban J connectivity index is 2.30. The predicted octanol–water partition coefficient (Wildman–Crippen LogP) is -0.149. The van der Waals surface area contributed by atoms with Crippen LogP contribution >= 0.6 is 0 Å². The van der Waals surface area contributed by atoms with Gasteiger partial charge in [-0.05, 0) is 6.92 Å². The van der Waals surface area contributed by atoms with Crippen LogP contribution in [0.15, 0.2) is 16.9 Å². The van der Waals surface area contributed by atoms with Gasteiger partial charge in [0, 0.05) is 19.4 Å². The Morgan fingerprint density at radius 1 is 1.56 bits per heavy atom. The van der Waals surface area contributed by atoms with E-state index in [1.165, 1.54) is 0 Å². The number of aliphatic hydroxyl groups excluding tert-OH is 1. The standard InChI is InChI=1S/C9H13N5O2/c1-5(15)6(10)9-12-7(13-16-9)8-11-3-4-14(8)2/h3-6,15H,10H2,1-2H3/t5-,6+/m1/s1. The van der Waals surface area contributed by atoms with Crippen molar-refractivity contribution >= 4 is 0 Å². The summed E-state index contributed by atoms with van der Waals surface area (Å²) in [6, 6.07) is -0.679. The number of aliphatic hydroxyl groups is 1. The highest BCUT2D eigenvalue weighted by atomic mass is 16.5. The van der Waals surface area contributed by atoms with Gasteiger partial charge in [0.15, 0.2) is 5.82 Å².